The molecule has 0 spiro atoms. The Morgan fingerprint density at radius 3 is 2.50 bits per heavy atom. The lowest BCUT2D eigenvalue weighted by Gasteiger charge is -2.33. The second kappa shape index (κ2) is 12.2. The molecule has 2 N–H and O–H groups in total. The maximum Gasteiger partial charge on any atom is 0.416 e. The van der Waals surface area contributed by atoms with E-state index >= 15 is 0 Å². The van der Waals surface area contributed by atoms with Gasteiger partial charge in [0.05, 0.1) is 11.1 Å². The van der Waals surface area contributed by atoms with Gasteiger partial charge in [-0.15, -0.1) is 0 Å². The van der Waals surface area contributed by atoms with Gasteiger partial charge in [0.1, 0.15) is 12.1 Å². The number of carbonyl (C=O) groups is 1. The van der Waals surface area contributed by atoms with E-state index in [0.29, 0.717) is 24.2 Å². The maximum absolute atomic E-state index is 14.0. The normalized spacial score (nSPS) is 14.3. The standard InChI is InChI=1S/C32H31F3N6O/c1-21-4-7-24(17-23(21)8-5-22-6-11-27-29(16-22)37-20-38-30(27)36-2)31(42)39-26-10-9-25(28(18-26)32(33,34)35)19-41-14-12-40(3)13-15-41/h4,6-7,9-11,16-18,20H,12-15,19H2,1-3H3,(H,39,42)(H,36,37,38). The van der Waals surface area contributed by atoms with Gasteiger partial charge in [0.15, 0.2) is 0 Å². The number of benzene rings is 3. The van der Waals surface area contributed by atoms with Crippen LogP contribution in [0.1, 0.15) is 38.2 Å². The van der Waals surface area contributed by atoms with Crippen molar-refractivity contribution < 1.29 is 18.0 Å². The number of alkyl halides is 3. The number of piperazine rings is 1. The molecule has 1 aliphatic heterocycles. The van der Waals surface area contributed by atoms with Crippen molar-refractivity contribution in [3.8, 4) is 11.8 Å². The van der Waals surface area contributed by atoms with Gasteiger partial charge in [0.25, 0.3) is 5.91 Å². The molecule has 2 heterocycles. The molecule has 1 saturated heterocycles. The van der Waals surface area contributed by atoms with Crippen LogP contribution in [0.25, 0.3) is 10.9 Å². The van der Waals surface area contributed by atoms with Crippen molar-refractivity contribution in [1.82, 2.24) is 19.8 Å². The highest BCUT2D eigenvalue weighted by atomic mass is 19.4. The number of nitrogens with one attached hydrogen (secondary N) is 2. The Labute approximate surface area is 242 Å². The van der Waals surface area contributed by atoms with Crippen LogP contribution < -0.4 is 10.6 Å². The van der Waals surface area contributed by atoms with Gasteiger partial charge in [-0.05, 0) is 67.6 Å². The van der Waals surface area contributed by atoms with Gasteiger partial charge in [0.2, 0.25) is 0 Å². The van der Waals surface area contributed by atoms with Crippen LogP contribution >= 0.6 is 0 Å². The fourth-order valence-corrected chi connectivity index (χ4v) is 4.88. The third-order valence-corrected chi connectivity index (χ3v) is 7.38. The topological polar surface area (TPSA) is 73.4 Å². The number of fused-ring (bicyclic) bond motifs is 1. The van der Waals surface area contributed by atoms with Crippen molar-refractivity contribution >= 4 is 28.3 Å². The Bertz CT molecular complexity index is 1680. The lowest BCUT2D eigenvalue weighted by molar-refractivity contribution is -0.138. The summed E-state index contributed by atoms with van der Waals surface area (Å²) in [7, 11) is 3.79. The summed E-state index contributed by atoms with van der Waals surface area (Å²) >= 11 is 0. The smallest absolute Gasteiger partial charge is 0.373 e. The molecule has 0 unspecified atom stereocenters. The number of amides is 1. The number of halogens is 3. The lowest BCUT2D eigenvalue weighted by Crippen LogP contribution is -2.44. The van der Waals surface area contributed by atoms with Crippen molar-refractivity contribution in [2.24, 2.45) is 0 Å². The first-order valence-electron chi connectivity index (χ1n) is 13.6. The minimum absolute atomic E-state index is 0.0850. The highest BCUT2D eigenvalue weighted by molar-refractivity contribution is 6.04. The number of carbonyl (C=O) groups excluding carboxylic acids is 1. The molecular weight excluding hydrogens is 541 g/mol. The van der Waals surface area contributed by atoms with Crippen molar-refractivity contribution in [1.29, 1.82) is 0 Å². The van der Waals surface area contributed by atoms with Crippen LogP contribution in [0.2, 0.25) is 0 Å². The number of rotatable bonds is 5. The number of nitrogens with zero attached hydrogens (tertiary/aromatic N) is 4. The van der Waals surface area contributed by atoms with Gasteiger partial charge in [-0.2, -0.15) is 13.2 Å². The van der Waals surface area contributed by atoms with E-state index < -0.39 is 17.6 Å². The minimum atomic E-state index is -4.54. The average Bonchev–Trinajstić information content (AvgIpc) is 2.97. The van der Waals surface area contributed by atoms with Gasteiger partial charge < -0.3 is 15.5 Å². The van der Waals surface area contributed by atoms with Crippen LogP contribution in [0.3, 0.4) is 0 Å². The molecule has 216 valence electrons. The van der Waals surface area contributed by atoms with Crippen LogP contribution in [-0.2, 0) is 12.7 Å². The molecule has 5 rings (SSSR count). The maximum atomic E-state index is 14.0. The van der Waals surface area contributed by atoms with Crippen molar-refractivity contribution in [3.63, 3.8) is 0 Å². The van der Waals surface area contributed by atoms with E-state index in [4.69, 9.17) is 0 Å². The number of aryl methyl sites for hydroxylation is 1. The van der Waals surface area contributed by atoms with E-state index in [9.17, 15) is 18.0 Å². The third-order valence-electron chi connectivity index (χ3n) is 7.38. The zero-order valence-electron chi connectivity index (χ0n) is 23.6. The van der Waals surface area contributed by atoms with Gasteiger partial charge in [-0.3, -0.25) is 9.69 Å². The third kappa shape index (κ3) is 6.70. The molecule has 0 bridgehead atoms. The van der Waals surface area contributed by atoms with E-state index in [-0.39, 0.29) is 17.8 Å². The lowest BCUT2D eigenvalue weighted by atomic mass is 10.0. The summed E-state index contributed by atoms with van der Waals surface area (Å²) in [5.74, 6) is 6.44. The molecule has 1 fully saturated rings. The summed E-state index contributed by atoms with van der Waals surface area (Å²) in [6.45, 7) is 5.12. The minimum Gasteiger partial charge on any atom is -0.373 e. The Hall–Kier alpha value is -4.46. The SMILES string of the molecule is CNc1ncnc2cc(C#Cc3cc(C(=O)Nc4ccc(CN5CCN(C)CC5)c(C(F)(F)F)c4)ccc3C)ccc12. The van der Waals surface area contributed by atoms with Gasteiger partial charge in [-0.1, -0.05) is 24.0 Å². The molecule has 1 aliphatic rings. The molecular formula is C32H31F3N6O. The summed E-state index contributed by atoms with van der Waals surface area (Å²) in [6, 6.07) is 14.7. The molecule has 4 aromatic rings. The fraction of sp³-hybridized carbons (Fsp3) is 0.281. The van der Waals surface area contributed by atoms with E-state index in [0.717, 1.165) is 47.0 Å². The summed E-state index contributed by atoms with van der Waals surface area (Å²) < 4.78 is 42.0. The molecule has 0 aliphatic carbocycles. The molecule has 1 amide bonds. The number of hydrogen-bond donors (Lipinski definition) is 2. The predicted molar refractivity (Wildman–Crippen MR) is 158 cm³/mol. The highest BCUT2D eigenvalue weighted by Crippen LogP contribution is 2.35. The van der Waals surface area contributed by atoms with Crippen molar-refractivity contribution in [2.75, 3.05) is 50.9 Å². The van der Waals surface area contributed by atoms with Crippen molar-refractivity contribution in [2.45, 2.75) is 19.6 Å². The molecule has 0 radical (unpaired) electrons. The first-order chi connectivity index (χ1) is 20.1. The van der Waals surface area contributed by atoms with E-state index in [1.165, 1.54) is 18.5 Å². The van der Waals surface area contributed by atoms with Gasteiger partial charge in [-0.25, -0.2) is 9.97 Å². The highest BCUT2D eigenvalue weighted by Gasteiger charge is 2.34. The number of aromatic nitrogens is 2. The largest absolute Gasteiger partial charge is 0.416 e. The molecule has 0 saturated carbocycles. The Balaban J connectivity index is 1.34. The van der Waals surface area contributed by atoms with E-state index in [1.54, 1.807) is 25.2 Å². The van der Waals surface area contributed by atoms with Crippen LogP contribution in [0.15, 0.2) is 60.9 Å². The fourth-order valence-electron chi connectivity index (χ4n) is 4.88. The summed E-state index contributed by atoms with van der Waals surface area (Å²) in [5.41, 5.74) is 2.84. The second-order valence-electron chi connectivity index (χ2n) is 10.4. The van der Waals surface area contributed by atoms with Gasteiger partial charge in [0, 0.05) is 67.5 Å². The van der Waals surface area contributed by atoms with Gasteiger partial charge >= 0.3 is 6.18 Å². The van der Waals surface area contributed by atoms with Crippen LogP contribution in [-0.4, -0.2) is 65.9 Å². The van der Waals surface area contributed by atoms with Crippen LogP contribution in [0.4, 0.5) is 24.7 Å². The molecule has 7 nitrogen and oxygen atoms in total. The summed E-state index contributed by atoms with van der Waals surface area (Å²) in [5, 5.41) is 6.54. The number of hydrogen-bond acceptors (Lipinski definition) is 6. The van der Waals surface area contributed by atoms with E-state index in [2.05, 4.69) is 37.3 Å². The Morgan fingerprint density at radius 1 is 0.976 bits per heavy atom. The molecule has 0 atom stereocenters. The molecule has 10 heteroatoms. The Morgan fingerprint density at radius 2 is 1.76 bits per heavy atom. The second-order valence-corrected chi connectivity index (χ2v) is 10.4. The van der Waals surface area contributed by atoms with E-state index in [1.807, 2.05) is 37.1 Å². The zero-order valence-corrected chi connectivity index (χ0v) is 23.6. The summed E-state index contributed by atoms with van der Waals surface area (Å²) in [6.07, 6.45) is -3.06. The van der Waals surface area contributed by atoms with Crippen LogP contribution in [0.5, 0.6) is 0 Å². The predicted octanol–water partition coefficient (Wildman–Crippen LogP) is 5.40. The van der Waals surface area contributed by atoms with Crippen molar-refractivity contribution in [3.05, 3.63) is 94.3 Å². The first-order valence-corrected chi connectivity index (χ1v) is 13.6. The number of likely N-dealkylation sites (N-methyl/N-ethyl adjacent to an activating group) is 1. The number of anilines is 2. The monoisotopic (exact) mass is 572 g/mol. The van der Waals surface area contributed by atoms with Crippen LogP contribution in [0, 0.1) is 18.8 Å². The Kier molecular flexibility index (Phi) is 8.43. The quantitative estimate of drug-likeness (QED) is 0.312. The zero-order chi connectivity index (χ0) is 29.9. The first kappa shape index (κ1) is 29.0. The molecule has 1 aromatic heterocycles. The average molecular weight is 573 g/mol. The molecule has 3 aromatic carbocycles. The molecule has 42 heavy (non-hydrogen) atoms. The summed E-state index contributed by atoms with van der Waals surface area (Å²) in [4.78, 5) is 25.8.